The first-order chi connectivity index (χ1) is 9.49. The molecule has 8 heteroatoms. The molecule has 1 aromatic carbocycles. The summed E-state index contributed by atoms with van der Waals surface area (Å²) in [6.07, 6.45) is -4.52. The van der Waals surface area contributed by atoms with E-state index in [4.69, 9.17) is 10.3 Å². The van der Waals surface area contributed by atoms with Gasteiger partial charge in [-0.3, -0.25) is 0 Å². The number of rotatable bonds is 3. The molecule has 0 radical (unpaired) electrons. The Kier molecular flexibility index (Phi) is 3.76. The van der Waals surface area contributed by atoms with Crippen molar-refractivity contribution in [3.63, 3.8) is 0 Å². The molecule has 1 heterocycles. The molecular formula is C12H7F3N4O. The molecule has 0 aliphatic carbocycles. The Morgan fingerprint density at radius 3 is 2.40 bits per heavy atom. The molecule has 0 fully saturated rings. The first-order valence-corrected chi connectivity index (χ1v) is 5.36. The minimum Gasteiger partial charge on any atom is -0.439 e. The highest BCUT2D eigenvalue weighted by Gasteiger charge is 2.32. The number of halogens is 3. The van der Waals surface area contributed by atoms with Gasteiger partial charge >= 0.3 is 6.18 Å². The second kappa shape index (κ2) is 5.50. The highest BCUT2D eigenvalue weighted by Crippen LogP contribution is 2.30. The molecule has 0 N–H and O–H groups in total. The van der Waals surface area contributed by atoms with E-state index in [1.807, 2.05) is 0 Å². The third-order valence-electron chi connectivity index (χ3n) is 2.23. The molecule has 20 heavy (non-hydrogen) atoms. The number of nitrogens with zero attached hydrogens (tertiary/aromatic N) is 4. The summed E-state index contributed by atoms with van der Waals surface area (Å²) in [5.74, 6) is 0.116. The summed E-state index contributed by atoms with van der Waals surface area (Å²) in [6.45, 7) is 0. The fourth-order valence-electron chi connectivity index (χ4n) is 1.38. The number of azide groups is 1. The van der Waals surface area contributed by atoms with Crippen molar-refractivity contribution < 1.29 is 17.9 Å². The van der Waals surface area contributed by atoms with E-state index in [0.717, 1.165) is 6.07 Å². The minimum absolute atomic E-state index is 0.170. The quantitative estimate of drug-likeness (QED) is 0.458. The fraction of sp³-hybridized carbons (Fsp3) is 0.0833. The van der Waals surface area contributed by atoms with Gasteiger partial charge in [0.15, 0.2) is 0 Å². The summed E-state index contributed by atoms with van der Waals surface area (Å²) in [4.78, 5) is 5.97. The first-order valence-electron chi connectivity index (χ1n) is 5.36. The standard InChI is InChI=1S/C12H7F3N4O/c13-12(14,15)10-2-1-3-11(17-10)20-9-6-4-8(5-7-9)18-19-16/h1-7H. The van der Waals surface area contributed by atoms with Crippen LogP contribution < -0.4 is 4.74 Å². The Morgan fingerprint density at radius 1 is 1.10 bits per heavy atom. The molecule has 1 aromatic heterocycles. The van der Waals surface area contributed by atoms with Crippen LogP contribution in [0.3, 0.4) is 0 Å². The first kappa shape index (κ1) is 13.7. The molecule has 5 nitrogen and oxygen atoms in total. The lowest BCUT2D eigenvalue weighted by Crippen LogP contribution is -2.07. The molecule has 0 saturated heterocycles. The number of benzene rings is 1. The van der Waals surface area contributed by atoms with Crippen molar-refractivity contribution in [3.8, 4) is 11.6 Å². The number of pyridine rings is 1. The van der Waals surface area contributed by atoms with Crippen LogP contribution in [0, 0.1) is 0 Å². The van der Waals surface area contributed by atoms with Crippen molar-refractivity contribution in [2.45, 2.75) is 6.18 Å². The lowest BCUT2D eigenvalue weighted by atomic mass is 10.3. The zero-order valence-electron chi connectivity index (χ0n) is 9.87. The van der Waals surface area contributed by atoms with Gasteiger partial charge in [-0.15, -0.1) is 0 Å². The van der Waals surface area contributed by atoms with E-state index < -0.39 is 11.9 Å². The lowest BCUT2D eigenvalue weighted by molar-refractivity contribution is -0.141. The molecule has 0 aliphatic heterocycles. The van der Waals surface area contributed by atoms with E-state index in [2.05, 4.69) is 15.0 Å². The number of alkyl halides is 3. The van der Waals surface area contributed by atoms with Gasteiger partial charge in [0, 0.05) is 16.7 Å². The largest absolute Gasteiger partial charge is 0.439 e. The van der Waals surface area contributed by atoms with Crippen molar-refractivity contribution in [1.29, 1.82) is 0 Å². The van der Waals surface area contributed by atoms with E-state index in [9.17, 15) is 13.2 Å². The van der Waals surface area contributed by atoms with Crippen LogP contribution in [0.2, 0.25) is 0 Å². The third kappa shape index (κ3) is 3.39. The molecular weight excluding hydrogens is 273 g/mol. The predicted molar refractivity (Wildman–Crippen MR) is 64.6 cm³/mol. The van der Waals surface area contributed by atoms with Crippen molar-refractivity contribution in [2.24, 2.45) is 5.11 Å². The van der Waals surface area contributed by atoms with Crippen LogP contribution in [0.25, 0.3) is 10.4 Å². The van der Waals surface area contributed by atoms with Crippen LogP contribution in [0.1, 0.15) is 5.69 Å². The van der Waals surface area contributed by atoms with Crippen LogP contribution in [0.5, 0.6) is 11.6 Å². The van der Waals surface area contributed by atoms with Crippen molar-refractivity contribution >= 4 is 5.69 Å². The van der Waals surface area contributed by atoms with Crippen LogP contribution in [-0.2, 0) is 6.18 Å². The Balaban J connectivity index is 2.19. The smallest absolute Gasteiger partial charge is 0.433 e. The highest BCUT2D eigenvalue weighted by atomic mass is 19.4. The van der Waals surface area contributed by atoms with Crippen molar-refractivity contribution in [3.05, 3.63) is 58.6 Å². The maximum Gasteiger partial charge on any atom is 0.433 e. The third-order valence-corrected chi connectivity index (χ3v) is 2.23. The topological polar surface area (TPSA) is 70.9 Å². The Morgan fingerprint density at radius 2 is 1.80 bits per heavy atom. The summed E-state index contributed by atoms with van der Waals surface area (Å²) < 4.78 is 42.6. The number of hydrogen-bond acceptors (Lipinski definition) is 3. The maximum atomic E-state index is 12.5. The van der Waals surface area contributed by atoms with Gasteiger partial charge in [0.25, 0.3) is 0 Å². The summed E-state index contributed by atoms with van der Waals surface area (Å²) in [5, 5.41) is 3.36. The van der Waals surface area contributed by atoms with Gasteiger partial charge in [-0.25, -0.2) is 4.98 Å². The summed E-state index contributed by atoms with van der Waals surface area (Å²) in [7, 11) is 0. The second-order valence-corrected chi connectivity index (χ2v) is 3.64. The SMILES string of the molecule is [N-]=[N+]=Nc1ccc(Oc2cccc(C(F)(F)F)n2)cc1. The van der Waals surface area contributed by atoms with E-state index in [1.54, 1.807) is 0 Å². The fourth-order valence-corrected chi connectivity index (χ4v) is 1.38. The van der Waals surface area contributed by atoms with Gasteiger partial charge in [0.2, 0.25) is 5.88 Å². The van der Waals surface area contributed by atoms with Crippen LogP contribution >= 0.6 is 0 Å². The predicted octanol–water partition coefficient (Wildman–Crippen LogP) is 4.83. The maximum absolute atomic E-state index is 12.5. The molecule has 0 unspecified atom stereocenters. The molecule has 102 valence electrons. The highest BCUT2D eigenvalue weighted by molar-refractivity contribution is 5.42. The van der Waals surface area contributed by atoms with Crippen molar-refractivity contribution in [2.75, 3.05) is 0 Å². The minimum atomic E-state index is -4.52. The molecule has 0 saturated carbocycles. The van der Waals surface area contributed by atoms with Gasteiger partial charge in [-0.2, -0.15) is 13.2 Å². The molecule has 0 atom stereocenters. The Labute approximate surface area is 111 Å². The molecule has 0 spiro atoms. The zero-order chi connectivity index (χ0) is 14.6. The Hall–Kier alpha value is -2.73. The molecule has 0 bridgehead atoms. The molecule has 0 aliphatic rings. The zero-order valence-corrected chi connectivity index (χ0v) is 9.87. The number of aromatic nitrogens is 1. The summed E-state index contributed by atoms with van der Waals surface area (Å²) in [6, 6.07) is 9.26. The lowest BCUT2D eigenvalue weighted by Gasteiger charge is -2.08. The van der Waals surface area contributed by atoms with E-state index in [-0.39, 0.29) is 11.6 Å². The van der Waals surface area contributed by atoms with Crippen LogP contribution in [0.15, 0.2) is 47.6 Å². The van der Waals surface area contributed by atoms with E-state index in [0.29, 0.717) is 5.69 Å². The molecule has 0 amide bonds. The normalized spacial score (nSPS) is 10.8. The molecule has 2 aromatic rings. The summed E-state index contributed by atoms with van der Waals surface area (Å²) >= 11 is 0. The van der Waals surface area contributed by atoms with Gasteiger partial charge in [0.05, 0.1) is 0 Å². The van der Waals surface area contributed by atoms with Crippen LogP contribution in [-0.4, -0.2) is 4.98 Å². The van der Waals surface area contributed by atoms with Crippen molar-refractivity contribution in [1.82, 2.24) is 4.98 Å². The van der Waals surface area contributed by atoms with Crippen LogP contribution in [0.4, 0.5) is 18.9 Å². The molecule has 2 rings (SSSR count). The van der Waals surface area contributed by atoms with Gasteiger partial charge < -0.3 is 4.74 Å². The van der Waals surface area contributed by atoms with E-state index in [1.165, 1.54) is 36.4 Å². The average molecular weight is 280 g/mol. The van der Waals surface area contributed by atoms with E-state index >= 15 is 0 Å². The monoisotopic (exact) mass is 280 g/mol. The Bertz CT molecular complexity index is 648. The summed E-state index contributed by atoms with van der Waals surface area (Å²) in [5.41, 5.74) is 7.59. The average Bonchev–Trinajstić information content (AvgIpc) is 2.41. The second-order valence-electron chi connectivity index (χ2n) is 3.64. The van der Waals surface area contributed by atoms with Gasteiger partial charge in [-0.1, -0.05) is 11.2 Å². The van der Waals surface area contributed by atoms with Gasteiger partial charge in [-0.05, 0) is 35.9 Å². The van der Waals surface area contributed by atoms with Gasteiger partial charge in [0.1, 0.15) is 11.4 Å². The number of ether oxygens (including phenoxy) is 1. The number of hydrogen-bond donors (Lipinski definition) is 0.